The molecule has 0 fully saturated rings. The standard InChI is InChI=1S/C15H19N9O4S2/c16-5-9(17)7-29(25,26)11-3-2-10(8-1-4-12(18)20-6-8)13(14(11)30(19,27)28)15-21-23-24-22-15/h1-4,6,9H,5,7,16-17H2,(H2,18,20)(H2,19,27,28)(H,21,22,23,24)/t9-/m0/s1. The van der Waals surface area contributed by atoms with E-state index < -0.39 is 41.4 Å². The smallest absolute Gasteiger partial charge is 0.240 e. The number of tetrazole rings is 1. The van der Waals surface area contributed by atoms with Crippen LogP contribution in [0.25, 0.3) is 22.5 Å². The molecule has 1 atom stereocenters. The van der Waals surface area contributed by atoms with E-state index in [-0.39, 0.29) is 29.3 Å². The molecule has 0 radical (unpaired) electrons. The number of sulfonamides is 1. The van der Waals surface area contributed by atoms with Gasteiger partial charge in [-0.1, -0.05) is 6.07 Å². The number of nitrogens with one attached hydrogen (secondary N) is 1. The number of sulfone groups is 1. The molecule has 0 aliphatic heterocycles. The van der Waals surface area contributed by atoms with E-state index in [0.29, 0.717) is 5.56 Å². The minimum atomic E-state index is -4.57. The Morgan fingerprint density at radius 2 is 1.83 bits per heavy atom. The third kappa shape index (κ3) is 4.29. The lowest BCUT2D eigenvalue weighted by Crippen LogP contribution is -2.37. The molecule has 1 aromatic carbocycles. The van der Waals surface area contributed by atoms with Gasteiger partial charge in [-0.05, 0) is 29.0 Å². The summed E-state index contributed by atoms with van der Waals surface area (Å²) < 4.78 is 51.0. The molecule has 0 saturated heterocycles. The molecule has 13 nitrogen and oxygen atoms in total. The van der Waals surface area contributed by atoms with Crippen LogP contribution in [-0.2, 0) is 19.9 Å². The summed E-state index contributed by atoms with van der Waals surface area (Å²) in [5.74, 6) is -0.520. The number of hydrogen-bond acceptors (Lipinski definition) is 11. The van der Waals surface area contributed by atoms with Gasteiger partial charge in [0.1, 0.15) is 10.7 Å². The second kappa shape index (κ2) is 8.04. The molecule has 0 aliphatic rings. The quantitative estimate of drug-likeness (QED) is 0.268. The average Bonchev–Trinajstić information content (AvgIpc) is 3.21. The van der Waals surface area contributed by atoms with E-state index in [9.17, 15) is 16.8 Å². The van der Waals surface area contributed by atoms with Crippen LogP contribution in [-0.4, -0.2) is 60.8 Å². The van der Waals surface area contributed by atoms with Crippen LogP contribution in [0.5, 0.6) is 0 Å². The van der Waals surface area contributed by atoms with Gasteiger partial charge in [0, 0.05) is 24.3 Å². The number of nitrogen functional groups attached to an aromatic ring is 1. The predicted molar refractivity (Wildman–Crippen MR) is 108 cm³/mol. The van der Waals surface area contributed by atoms with Crippen LogP contribution in [0.3, 0.4) is 0 Å². The number of nitrogens with two attached hydrogens (primary N) is 4. The highest BCUT2D eigenvalue weighted by molar-refractivity contribution is 7.93. The summed E-state index contributed by atoms with van der Waals surface area (Å²) in [5.41, 5.74) is 17.2. The molecule has 0 bridgehead atoms. The maximum atomic E-state index is 12.9. The lowest BCUT2D eigenvalue weighted by molar-refractivity contribution is 0.578. The maximum Gasteiger partial charge on any atom is 0.240 e. The number of rotatable bonds is 7. The van der Waals surface area contributed by atoms with Gasteiger partial charge in [0.25, 0.3) is 0 Å². The number of aromatic amines is 1. The Morgan fingerprint density at radius 1 is 1.10 bits per heavy atom. The molecule has 2 heterocycles. The summed E-state index contributed by atoms with van der Waals surface area (Å²) in [6.45, 7) is -0.114. The van der Waals surface area contributed by atoms with Gasteiger partial charge in [0.15, 0.2) is 9.84 Å². The van der Waals surface area contributed by atoms with Crippen LogP contribution in [0.4, 0.5) is 5.82 Å². The lowest BCUT2D eigenvalue weighted by atomic mass is 10.0. The van der Waals surface area contributed by atoms with E-state index in [0.717, 1.165) is 6.07 Å². The van der Waals surface area contributed by atoms with Crippen molar-refractivity contribution >= 4 is 25.7 Å². The molecule has 9 N–H and O–H groups in total. The van der Waals surface area contributed by atoms with Gasteiger partial charge < -0.3 is 17.2 Å². The molecule has 3 aromatic rings. The van der Waals surface area contributed by atoms with E-state index >= 15 is 0 Å². The first-order valence-electron chi connectivity index (χ1n) is 8.38. The van der Waals surface area contributed by atoms with Crippen LogP contribution < -0.4 is 22.3 Å². The minimum absolute atomic E-state index is 0.114. The summed E-state index contributed by atoms with van der Waals surface area (Å²) in [5, 5.41) is 18.7. The first-order chi connectivity index (χ1) is 14.0. The number of benzene rings is 1. The summed E-state index contributed by atoms with van der Waals surface area (Å²) in [4.78, 5) is 2.76. The fourth-order valence-electron chi connectivity index (χ4n) is 2.83. The molecular formula is C15H19N9O4S2. The number of primary sulfonamides is 1. The summed E-state index contributed by atoms with van der Waals surface area (Å²) in [6.07, 6.45) is 1.39. The third-order valence-corrected chi connectivity index (χ3v) is 7.14. The molecule has 15 heteroatoms. The Labute approximate surface area is 171 Å². The summed E-state index contributed by atoms with van der Waals surface area (Å²) in [6, 6.07) is 4.70. The Hall–Kier alpha value is -2.98. The van der Waals surface area contributed by atoms with Crippen molar-refractivity contribution in [2.45, 2.75) is 15.8 Å². The largest absolute Gasteiger partial charge is 0.384 e. The van der Waals surface area contributed by atoms with Crippen molar-refractivity contribution in [1.82, 2.24) is 25.6 Å². The van der Waals surface area contributed by atoms with Crippen molar-refractivity contribution in [3.05, 3.63) is 30.5 Å². The SMILES string of the molecule is NC[C@H](N)CS(=O)(=O)c1ccc(-c2ccc(N)nc2)c(-c2nn[nH]n2)c1S(N)(=O)=O. The summed E-state index contributed by atoms with van der Waals surface area (Å²) in [7, 11) is -8.76. The van der Waals surface area contributed by atoms with Crippen molar-refractivity contribution in [3.8, 4) is 22.5 Å². The Bertz CT molecular complexity index is 1260. The van der Waals surface area contributed by atoms with E-state index in [2.05, 4.69) is 25.6 Å². The van der Waals surface area contributed by atoms with Crippen LogP contribution in [0.1, 0.15) is 0 Å². The second-order valence-corrected chi connectivity index (χ2v) is 9.85. The molecule has 0 spiro atoms. The molecule has 30 heavy (non-hydrogen) atoms. The van der Waals surface area contributed by atoms with Crippen molar-refractivity contribution in [1.29, 1.82) is 0 Å². The van der Waals surface area contributed by atoms with Crippen molar-refractivity contribution < 1.29 is 16.8 Å². The normalized spacial score (nSPS) is 13.3. The molecule has 3 rings (SSSR count). The van der Waals surface area contributed by atoms with E-state index in [4.69, 9.17) is 22.3 Å². The molecular weight excluding hydrogens is 434 g/mol. The zero-order valence-corrected chi connectivity index (χ0v) is 17.1. The highest BCUT2D eigenvalue weighted by Gasteiger charge is 2.32. The number of anilines is 1. The number of hydrogen-bond donors (Lipinski definition) is 5. The predicted octanol–water partition coefficient (Wildman–Crippen LogP) is -1.78. The average molecular weight is 454 g/mol. The highest BCUT2D eigenvalue weighted by atomic mass is 32.2. The highest BCUT2D eigenvalue weighted by Crippen LogP contribution is 2.38. The van der Waals surface area contributed by atoms with Crippen molar-refractivity contribution in [2.75, 3.05) is 18.0 Å². The zero-order chi connectivity index (χ0) is 22.1. The molecule has 0 aliphatic carbocycles. The van der Waals surface area contributed by atoms with E-state index in [1.807, 2.05) is 0 Å². The van der Waals surface area contributed by atoms with Gasteiger partial charge in [-0.15, -0.1) is 10.2 Å². The minimum Gasteiger partial charge on any atom is -0.384 e. The van der Waals surface area contributed by atoms with Gasteiger partial charge in [0.2, 0.25) is 15.8 Å². The lowest BCUT2D eigenvalue weighted by Gasteiger charge is -2.17. The van der Waals surface area contributed by atoms with Crippen LogP contribution in [0, 0.1) is 0 Å². The number of aromatic nitrogens is 5. The van der Waals surface area contributed by atoms with Crippen LogP contribution in [0.2, 0.25) is 0 Å². The van der Waals surface area contributed by atoms with E-state index in [1.165, 1.54) is 18.3 Å². The van der Waals surface area contributed by atoms with Crippen LogP contribution >= 0.6 is 0 Å². The molecule has 0 unspecified atom stereocenters. The van der Waals surface area contributed by atoms with Gasteiger partial charge in [-0.3, -0.25) is 0 Å². The monoisotopic (exact) mass is 453 g/mol. The van der Waals surface area contributed by atoms with Crippen LogP contribution in [0.15, 0.2) is 40.3 Å². The van der Waals surface area contributed by atoms with Crippen molar-refractivity contribution in [3.63, 3.8) is 0 Å². The van der Waals surface area contributed by atoms with Gasteiger partial charge >= 0.3 is 0 Å². The Kier molecular flexibility index (Phi) is 5.82. The topological polar surface area (TPSA) is 240 Å². The fraction of sp³-hybridized carbons (Fsp3) is 0.200. The number of nitrogens with zero attached hydrogens (tertiary/aromatic N) is 4. The summed E-state index contributed by atoms with van der Waals surface area (Å²) >= 11 is 0. The second-order valence-electron chi connectivity index (χ2n) is 6.34. The first-order valence-corrected chi connectivity index (χ1v) is 11.6. The van der Waals surface area contributed by atoms with E-state index in [1.54, 1.807) is 6.07 Å². The first kappa shape index (κ1) is 21.7. The Balaban J connectivity index is 2.40. The van der Waals surface area contributed by atoms with Gasteiger partial charge in [-0.2, -0.15) is 5.21 Å². The fourth-order valence-corrected chi connectivity index (χ4v) is 5.93. The molecule has 0 amide bonds. The molecule has 160 valence electrons. The zero-order valence-electron chi connectivity index (χ0n) is 15.4. The van der Waals surface area contributed by atoms with Gasteiger partial charge in [-0.25, -0.2) is 27.0 Å². The third-order valence-electron chi connectivity index (χ3n) is 4.14. The Morgan fingerprint density at radius 3 is 2.37 bits per heavy atom. The number of pyridine rings is 1. The molecule has 2 aromatic heterocycles. The van der Waals surface area contributed by atoms with Gasteiger partial charge in [0.05, 0.1) is 16.2 Å². The molecule has 0 saturated carbocycles. The van der Waals surface area contributed by atoms with Crippen molar-refractivity contribution in [2.24, 2.45) is 16.6 Å². The maximum absolute atomic E-state index is 12.9. The number of H-pyrrole nitrogens is 1.